The Morgan fingerprint density at radius 3 is 2.78 bits per heavy atom. The summed E-state index contributed by atoms with van der Waals surface area (Å²) in [6.07, 6.45) is 2.29. The van der Waals surface area contributed by atoms with Crippen LogP contribution in [0.3, 0.4) is 0 Å². The quantitative estimate of drug-likeness (QED) is 0.813. The normalized spacial score (nSPS) is 19.9. The number of hydrogen-bond donors (Lipinski definition) is 1. The maximum atomic E-state index is 12.5. The van der Waals surface area contributed by atoms with Crippen LogP contribution in [0.4, 0.5) is 0 Å². The molecule has 1 aliphatic rings. The first-order valence-electron chi connectivity index (χ1n) is 8.13. The van der Waals surface area contributed by atoms with Crippen LogP contribution >= 0.6 is 0 Å². The zero-order chi connectivity index (χ0) is 17.0. The monoisotopic (exact) mass is 320 g/mol. The van der Waals surface area contributed by atoms with E-state index in [2.05, 4.69) is 0 Å². The van der Waals surface area contributed by atoms with Gasteiger partial charge in [-0.25, -0.2) is 0 Å². The van der Waals surface area contributed by atoms with Gasteiger partial charge in [0.2, 0.25) is 0 Å². The summed E-state index contributed by atoms with van der Waals surface area (Å²) in [6.45, 7) is 5.93. The highest BCUT2D eigenvalue weighted by atomic mass is 16.5. The summed E-state index contributed by atoms with van der Waals surface area (Å²) in [5.41, 5.74) is 0.424. The maximum Gasteiger partial charge on any atom is 0.305 e. The third-order valence-electron chi connectivity index (χ3n) is 4.08. The number of esters is 1. The van der Waals surface area contributed by atoms with Gasteiger partial charge in [-0.05, 0) is 38.8 Å². The van der Waals surface area contributed by atoms with Gasteiger partial charge in [0.05, 0.1) is 18.6 Å². The van der Waals surface area contributed by atoms with Crippen molar-refractivity contribution in [2.75, 3.05) is 6.61 Å². The van der Waals surface area contributed by atoms with E-state index in [1.54, 1.807) is 19.1 Å². The zero-order valence-corrected chi connectivity index (χ0v) is 14.0. The molecule has 0 fully saturated rings. The van der Waals surface area contributed by atoms with E-state index in [9.17, 15) is 14.7 Å². The van der Waals surface area contributed by atoms with Gasteiger partial charge < -0.3 is 14.6 Å². The van der Waals surface area contributed by atoms with Gasteiger partial charge in [-0.3, -0.25) is 9.59 Å². The molecule has 0 bridgehead atoms. The van der Waals surface area contributed by atoms with E-state index >= 15 is 0 Å². The molecule has 0 spiro atoms. The number of carbonyl (C=O) groups is 2. The van der Waals surface area contributed by atoms with Gasteiger partial charge in [-0.1, -0.05) is 13.3 Å². The van der Waals surface area contributed by atoms with Crippen molar-refractivity contribution in [3.8, 4) is 11.5 Å². The Bertz CT molecular complexity index is 608. The Morgan fingerprint density at radius 1 is 1.39 bits per heavy atom. The standard InChI is InChI=1S/C18H24O5/c1-4-6-12-14(19)8-7-13-15(20)11-18(3,23-17(12)13)10-9-16(21)22-5-2/h7-8,19H,4-6,9-11H2,1-3H3. The van der Waals surface area contributed by atoms with Crippen LogP contribution in [0.2, 0.25) is 0 Å². The third-order valence-corrected chi connectivity index (χ3v) is 4.08. The van der Waals surface area contributed by atoms with Crippen LogP contribution in [0.5, 0.6) is 11.5 Å². The first-order chi connectivity index (χ1) is 10.9. The molecule has 126 valence electrons. The fraction of sp³-hybridized carbons (Fsp3) is 0.556. The molecule has 23 heavy (non-hydrogen) atoms. The number of fused-ring (bicyclic) bond motifs is 1. The van der Waals surface area contributed by atoms with Crippen molar-refractivity contribution in [2.24, 2.45) is 0 Å². The molecule has 1 aromatic carbocycles. The first-order valence-corrected chi connectivity index (χ1v) is 8.13. The molecule has 0 aromatic heterocycles. The van der Waals surface area contributed by atoms with Crippen molar-refractivity contribution in [2.45, 2.75) is 58.5 Å². The largest absolute Gasteiger partial charge is 0.508 e. The SMILES string of the molecule is CCCc1c(O)ccc2c1OC(C)(CCC(=O)OCC)CC2=O. The molecule has 1 unspecified atom stereocenters. The van der Waals surface area contributed by atoms with Crippen LogP contribution in [0.1, 0.15) is 62.4 Å². The summed E-state index contributed by atoms with van der Waals surface area (Å²) in [4.78, 5) is 24.0. The van der Waals surface area contributed by atoms with Crippen LogP contribution in [0, 0.1) is 0 Å². The topological polar surface area (TPSA) is 72.8 Å². The van der Waals surface area contributed by atoms with Crippen LogP contribution in [-0.2, 0) is 16.0 Å². The smallest absolute Gasteiger partial charge is 0.305 e. The Balaban J connectivity index is 2.25. The molecule has 1 aromatic rings. The van der Waals surface area contributed by atoms with Crippen LogP contribution in [0.25, 0.3) is 0 Å². The van der Waals surface area contributed by atoms with E-state index in [1.165, 1.54) is 0 Å². The number of rotatable bonds is 6. The lowest BCUT2D eigenvalue weighted by molar-refractivity contribution is -0.144. The van der Waals surface area contributed by atoms with Crippen LogP contribution in [0.15, 0.2) is 12.1 Å². The Labute approximate surface area is 136 Å². The van der Waals surface area contributed by atoms with Gasteiger partial charge in [0, 0.05) is 12.0 Å². The number of carbonyl (C=O) groups excluding carboxylic acids is 2. The lowest BCUT2D eigenvalue weighted by Gasteiger charge is -2.36. The van der Waals surface area contributed by atoms with Gasteiger partial charge >= 0.3 is 5.97 Å². The van der Waals surface area contributed by atoms with Crippen molar-refractivity contribution < 1.29 is 24.2 Å². The van der Waals surface area contributed by atoms with Crippen molar-refractivity contribution in [3.63, 3.8) is 0 Å². The number of benzene rings is 1. The zero-order valence-electron chi connectivity index (χ0n) is 14.0. The molecule has 5 nitrogen and oxygen atoms in total. The molecule has 1 N–H and O–H groups in total. The number of ketones is 1. The van der Waals surface area contributed by atoms with Crippen LogP contribution < -0.4 is 4.74 Å². The lowest BCUT2D eigenvalue weighted by atomic mass is 9.86. The van der Waals surface area contributed by atoms with E-state index in [1.807, 2.05) is 13.8 Å². The van der Waals surface area contributed by atoms with Crippen molar-refractivity contribution in [1.29, 1.82) is 0 Å². The molecule has 0 saturated carbocycles. The molecule has 5 heteroatoms. The number of Topliss-reactive ketones (excluding diaryl/α,β-unsaturated/α-hetero) is 1. The van der Waals surface area contributed by atoms with Crippen molar-refractivity contribution in [3.05, 3.63) is 23.3 Å². The number of phenolic OH excluding ortho intramolecular Hbond substituents is 1. The molecule has 1 aliphatic heterocycles. The average Bonchev–Trinajstić information content (AvgIpc) is 2.49. The van der Waals surface area contributed by atoms with E-state index in [0.29, 0.717) is 36.3 Å². The minimum absolute atomic E-state index is 0.0186. The summed E-state index contributed by atoms with van der Waals surface area (Å²) in [6, 6.07) is 3.16. The second-order valence-electron chi connectivity index (χ2n) is 6.15. The van der Waals surface area contributed by atoms with E-state index in [4.69, 9.17) is 9.47 Å². The van der Waals surface area contributed by atoms with E-state index < -0.39 is 5.60 Å². The molecule has 0 aliphatic carbocycles. The Hall–Kier alpha value is -2.04. The summed E-state index contributed by atoms with van der Waals surface area (Å²) in [5.74, 6) is 0.303. The molecule has 0 radical (unpaired) electrons. The molecule has 2 rings (SSSR count). The van der Waals surface area contributed by atoms with E-state index in [-0.39, 0.29) is 30.3 Å². The average molecular weight is 320 g/mol. The second kappa shape index (κ2) is 7.02. The fourth-order valence-corrected chi connectivity index (χ4v) is 2.90. The highest BCUT2D eigenvalue weighted by molar-refractivity contribution is 6.01. The molecule has 0 amide bonds. The molecular weight excluding hydrogens is 296 g/mol. The summed E-state index contributed by atoms with van der Waals surface area (Å²) in [5, 5.41) is 10.1. The highest BCUT2D eigenvalue weighted by Gasteiger charge is 2.38. The maximum absolute atomic E-state index is 12.5. The predicted octanol–water partition coefficient (Wildman–Crippen LogP) is 3.41. The second-order valence-corrected chi connectivity index (χ2v) is 6.15. The molecular formula is C18H24O5. The first kappa shape index (κ1) is 17.3. The Morgan fingerprint density at radius 2 is 2.13 bits per heavy atom. The third kappa shape index (κ3) is 3.84. The molecule has 0 saturated heterocycles. The number of aromatic hydroxyl groups is 1. The summed E-state index contributed by atoms with van der Waals surface area (Å²) in [7, 11) is 0. The summed E-state index contributed by atoms with van der Waals surface area (Å²) < 4.78 is 11.0. The van der Waals surface area contributed by atoms with Gasteiger partial charge in [-0.15, -0.1) is 0 Å². The van der Waals surface area contributed by atoms with Gasteiger partial charge in [0.25, 0.3) is 0 Å². The summed E-state index contributed by atoms with van der Waals surface area (Å²) >= 11 is 0. The minimum atomic E-state index is -0.757. The number of phenols is 1. The van der Waals surface area contributed by atoms with E-state index in [0.717, 1.165) is 6.42 Å². The minimum Gasteiger partial charge on any atom is -0.508 e. The Kier molecular flexibility index (Phi) is 5.29. The fourth-order valence-electron chi connectivity index (χ4n) is 2.90. The number of ether oxygens (including phenoxy) is 2. The molecule has 1 heterocycles. The highest BCUT2D eigenvalue weighted by Crippen LogP contribution is 2.41. The van der Waals surface area contributed by atoms with Gasteiger partial charge in [0.1, 0.15) is 17.1 Å². The van der Waals surface area contributed by atoms with Crippen molar-refractivity contribution in [1.82, 2.24) is 0 Å². The van der Waals surface area contributed by atoms with Gasteiger partial charge in [-0.2, -0.15) is 0 Å². The van der Waals surface area contributed by atoms with Crippen molar-refractivity contribution >= 4 is 11.8 Å². The number of hydrogen-bond acceptors (Lipinski definition) is 5. The predicted molar refractivity (Wildman–Crippen MR) is 85.9 cm³/mol. The van der Waals surface area contributed by atoms with Crippen LogP contribution in [-0.4, -0.2) is 29.1 Å². The lowest BCUT2D eigenvalue weighted by Crippen LogP contribution is -2.40. The van der Waals surface area contributed by atoms with Gasteiger partial charge in [0.15, 0.2) is 5.78 Å². The molecule has 1 atom stereocenters.